The highest BCUT2D eigenvalue weighted by Gasteiger charge is 2.18. The van der Waals surface area contributed by atoms with Gasteiger partial charge in [0, 0.05) is 10.9 Å². The lowest BCUT2D eigenvalue weighted by molar-refractivity contribution is 0.103. The number of ketones is 1. The maximum atomic E-state index is 13.2. The number of hydrogen-bond acceptors (Lipinski definition) is 2. The van der Waals surface area contributed by atoms with E-state index in [1.165, 1.54) is 0 Å². The molecule has 5 rings (SSSR count). The van der Waals surface area contributed by atoms with E-state index in [0.29, 0.717) is 11.3 Å². The summed E-state index contributed by atoms with van der Waals surface area (Å²) in [6.45, 7) is 2.04. The first kappa shape index (κ1) is 14.8. The van der Waals surface area contributed by atoms with Gasteiger partial charge in [0.05, 0.1) is 22.1 Å². The monoisotopic (exact) mass is 336 g/mol. The zero-order valence-electron chi connectivity index (χ0n) is 14.3. The first-order valence-corrected chi connectivity index (χ1v) is 8.63. The van der Waals surface area contributed by atoms with Crippen LogP contribution < -0.4 is 0 Å². The second kappa shape index (κ2) is 5.53. The van der Waals surface area contributed by atoms with E-state index in [1.807, 2.05) is 55.5 Å². The van der Waals surface area contributed by atoms with Gasteiger partial charge in [0.2, 0.25) is 5.78 Å². The quantitative estimate of drug-likeness (QED) is 0.416. The number of para-hydroxylation sites is 1. The summed E-state index contributed by atoms with van der Waals surface area (Å²) >= 11 is 0. The number of fused-ring (bicyclic) bond motifs is 5. The summed E-state index contributed by atoms with van der Waals surface area (Å²) in [4.78, 5) is 18.0. The van der Waals surface area contributed by atoms with Crippen molar-refractivity contribution < 1.29 is 4.79 Å². The Morgan fingerprint density at radius 1 is 0.808 bits per heavy atom. The van der Waals surface area contributed by atoms with E-state index in [9.17, 15) is 4.79 Å². The van der Waals surface area contributed by atoms with Crippen molar-refractivity contribution in [1.29, 1.82) is 0 Å². The van der Waals surface area contributed by atoms with Crippen molar-refractivity contribution in [3.63, 3.8) is 0 Å². The molecule has 3 aromatic carbocycles. The Labute approximate surface area is 150 Å². The number of rotatable bonds is 2. The van der Waals surface area contributed by atoms with Gasteiger partial charge < -0.3 is 4.40 Å². The maximum absolute atomic E-state index is 13.2. The Hall–Kier alpha value is -3.46. The molecule has 5 aromatic rings. The normalized spacial score (nSPS) is 11.4. The topological polar surface area (TPSA) is 34.4 Å². The van der Waals surface area contributed by atoms with Crippen LogP contribution in [0.2, 0.25) is 0 Å². The molecule has 0 bridgehead atoms. The highest BCUT2D eigenvalue weighted by atomic mass is 16.1. The fourth-order valence-corrected chi connectivity index (χ4v) is 3.57. The third-order valence-corrected chi connectivity index (χ3v) is 4.81. The van der Waals surface area contributed by atoms with Crippen molar-refractivity contribution in [2.24, 2.45) is 0 Å². The molecular weight excluding hydrogens is 320 g/mol. The van der Waals surface area contributed by atoms with Gasteiger partial charge in [-0.15, -0.1) is 0 Å². The third kappa shape index (κ3) is 2.14. The molecule has 0 saturated heterocycles. The summed E-state index contributed by atoms with van der Waals surface area (Å²) in [5, 5.41) is 1.10. The number of carbonyl (C=O) groups is 1. The Morgan fingerprint density at radius 3 is 2.42 bits per heavy atom. The predicted octanol–water partition coefficient (Wildman–Crippen LogP) is 5.18. The lowest BCUT2D eigenvalue weighted by Gasteiger charge is -2.09. The highest BCUT2D eigenvalue weighted by molar-refractivity contribution is 6.14. The van der Waals surface area contributed by atoms with Crippen molar-refractivity contribution >= 4 is 33.2 Å². The molecule has 0 fully saturated rings. The van der Waals surface area contributed by atoms with Gasteiger partial charge in [-0.05, 0) is 36.8 Å². The summed E-state index contributed by atoms with van der Waals surface area (Å²) in [5.74, 6) is -0.0539. The summed E-state index contributed by atoms with van der Waals surface area (Å²) in [6.07, 6.45) is 0. The number of hydrogen-bond donors (Lipinski definition) is 0. The molecule has 0 aliphatic heterocycles. The molecule has 2 heterocycles. The van der Waals surface area contributed by atoms with Crippen LogP contribution in [0.15, 0.2) is 78.9 Å². The lowest BCUT2D eigenvalue weighted by Crippen LogP contribution is -2.07. The van der Waals surface area contributed by atoms with Crippen molar-refractivity contribution in [2.75, 3.05) is 0 Å². The zero-order chi connectivity index (χ0) is 17.7. The Kier molecular flexibility index (Phi) is 3.16. The fourth-order valence-electron chi connectivity index (χ4n) is 3.57. The first-order valence-electron chi connectivity index (χ1n) is 8.63. The standard InChI is InChI=1S/C23H16N2O/c1-15-11-12-20-18(13-15)24-22(23(26)16-7-3-2-4-8-16)21-14-17-9-5-6-10-19(17)25(20)21/h2-14H,1H3. The van der Waals surface area contributed by atoms with Gasteiger partial charge in [-0.3, -0.25) is 4.79 Å². The van der Waals surface area contributed by atoms with Gasteiger partial charge in [-0.2, -0.15) is 0 Å². The second-order valence-corrected chi connectivity index (χ2v) is 6.57. The average Bonchev–Trinajstić information content (AvgIpc) is 3.07. The predicted molar refractivity (Wildman–Crippen MR) is 105 cm³/mol. The van der Waals surface area contributed by atoms with Crippen molar-refractivity contribution in [1.82, 2.24) is 9.38 Å². The van der Waals surface area contributed by atoms with Gasteiger partial charge in [0.25, 0.3) is 0 Å². The number of aryl methyl sites for hydroxylation is 1. The van der Waals surface area contributed by atoms with Crippen LogP contribution in [0.25, 0.3) is 27.5 Å². The molecule has 0 N–H and O–H groups in total. The molecular formula is C23H16N2O. The lowest BCUT2D eigenvalue weighted by atomic mass is 10.1. The summed E-state index contributed by atoms with van der Waals surface area (Å²) in [7, 11) is 0. The van der Waals surface area contributed by atoms with Gasteiger partial charge >= 0.3 is 0 Å². The summed E-state index contributed by atoms with van der Waals surface area (Å²) in [6, 6.07) is 25.8. The first-order chi connectivity index (χ1) is 12.7. The van der Waals surface area contributed by atoms with Crippen molar-refractivity contribution in [3.05, 3.63) is 95.7 Å². The minimum absolute atomic E-state index is 0.0539. The number of aromatic nitrogens is 2. The smallest absolute Gasteiger partial charge is 0.213 e. The van der Waals surface area contributed by atoms with Crippen LogP contribution in [-0.4, -0.2) is 15.2 Å². The Morgan fingerprint density at radius 2 is 1.58 bits per heavy atom. The summed E-state index contributed by atoms with van der Waals surface area (Å²) < 4.78 is 2.15. The summed E-state index contributed by atoms with van der Waals surface area (Å²) in [5.41, 5.74) is 6.04. The van der Waals surface area contributed by atoms with Gasteiger partial charge in [-0.1, -0.05) is 54.6 Å². The van der Waals surface area contributed by atoms with Gasteiger partial charge in [-0.25, -0.2) is 4.98 Å². The van der Waals surface area contributed by atoms with Crippen LogP contribution in [0.1, 0.15) is 21.6 Å². The van der Waals surface area contributed by atoms with Gasteiger partial charge in [0.1, 0.15) is 5.69 Å². The van der Waals surface area contributed by atoms with Gasteiger partial charge in [0.15, 0.2) is 0 Å². The van der Waals surface area contributed by atoms with E-state index in [1.54, 1.807) is 0 Å². The molecule has 0 unspecified atom stereocenters. The van der Waals surface area contributed by atoms with E-state index in [0.717, 1.165) is 33.0 Å². The SMILES string of the molecule is Cc1ccc2c(c1)nc(C(=O)c1ccccc1)c1cc3ccccc3n12. The molecule has 3 nitrogen and oxygen atoms in total. The molecule has 26 heavy (non-hydrogen) atoms. The molecule has 124 valence electrons. The van der Waals surface area contributed by atoms with E-state index < -0.39 is 0 Å². The van der Waals surface area contributed by atoms with E-state index >= 15 is 0 Å². The molecule has 0 amide bonds. The zero-order valence-corrected chi connectivity index (χ0v) is 14.3. The van der Waals surface area contributed by atoms with Crippen LogP contribution in [-0.2, 0) is 0 Å². The molecule has 0 radical (unpaired) electrons. The molecule has 0 aliphatic rings. The molecule has 0 aliphatic carbocycles. The fraction of sp³-hybridized carbons (Fsp3) is 0.0435. The molecule has 2 aromatic heterocycles. The van der Waals surface area contributed by atoms with E-state index in [2.05, 4.69) is 34.7 Å². The van der Waals surface area contributed by atoms with Crippen molar-refractivity contribution in [2.45, 2.75) is 6.92 Å². The minimum atomic E-state index is -0.0539. The van der Waals surface area contributed by atoms with E-state index in [-0.39, 0.29) is 5.78 Å². The molecule has 0 atom stereocenters. The maximum Gasteiger partial charge on any atom is 0.213 e. The van der Waals surface area contributed by atoms with E-state index in [4.69, 9.17) is 4.98 Å². The second-order valence-electron chi connectivity index (χ2n) is 6.57. The average molecular weight is 336 g/mol. The number of benzene rings is 3. The highest BCUT2D eigenvalue weighted by Crippen LogP contribution is 2.28. The van der Waals surface area contributed by atoms with Crippen LogP contribution in [0, 0.1) is 6.92 Å². The van der Waals surface area contributed by atoms with Crippen molar-refractivity contribution in [3.8, 4) is 0 Å². The molecule has 0 saturated carbocycles. The van der Waals surface area contributed by atoms with Crippen LogP contribution in [0.4, 0.5) is 0 Å². The number of carbonyl (C=O) groups excluding carboxylic acids is 1. The Balaban J connectivity index is 1.94. The molecule has 3 heteroatoms. The largest absolute Gasteiger partial charge is 0.305 e. The third-order valence-electron chi connectivity index (χ3n) is 4.81. The minimum Gasteiger partial charge on any atom is -0.305 e. The van der Waals surface area contributed by atoms with Crippen LogP contribution >= 0.6 is 0 Å². The van der Waals surface area contributed by atoms with Crippen LogP contribution in [0.3, 0.4) is 0 Å². The molecule has 0 spiro atoms. The number of nitrogens with zero attached hydrogens (tertiary/aromatic N) is 2. The Bertz CT molecular complexity index is 1300. The van der Waals surface area contributed by atoms with Crippen LogP contribution in [0.5, 0.6) is 0 Å².